The van der Waals surface area contributed by atoms with Gasteiger partial charge in [0.25, 0.3) is 0 Å². The molecule has 0 amide bonds. The molecule has 0 saturated heterocycles. The van der Waals surface area contributed by atoms with Crippen molar-refractivity contribution in [2.75, 3.05) is 13.7 Å². The van der Waals surface area contributed by atoms with Crippen LogP contribution in [0.1, 0.15) is 56.1 Å². The van der Waals surface area contributed by atoms with Gasteiger partial charge in [-0.2, -0.15) is 8.78 Å². The van der Waals surface area contributed by atoms with E-state index in [4.69, 9.17) is 4.74 Å². The fourth-order valence-corrected chi connectivity index (χ4v) is 2.87. The summed E-state index contributed by atoms with van der Waals surface area (Å²) in [4.78, 5) is 8.11. The van der Waals surface area contributed by atoms with Crippen molar-refractivity contribution < 1.29 is 13.5 Å². The van der Waals surface area contributed by atoms with Crippen LogP contribution in [0.5, 0.6) is 5.75 Å². The summed E-state index contributed by atoms with van der Waals surface area (Å²) in [6.07, 6.45) is 7.24. The maximum Gasteiger partial charge on any atom is 0.319 e. The lowest BCUT2D eigenvalue weighted by Gasteiger charge is -2.16. The van der Waals surface area contributed by atoms with Crippen molar-refractivity contribution in [3.63, 3.8) is 0 Å². The summed E-state index contributed by atoms with van der Waals surface area (Å²) in [6, 6.07) is 6.10. The lowest BCUT2D eigenvalue weighted by Crippen LogP contribution is -2.37. The number of guanidine groups is 1. The van der Waals surface area contributed by atoms with E-state index in [0.717, 1.165) is 27.9 Å². The first-order valence-corrected chi connectivity index (χ1v) is 10.0. The molecule has 6 nitrogen and oxygen atoms in total. The van der Waals surface area contributed by atoms with Crippen molar-refractivity contribution in [1.29, 1.82) is 0 Å². The van der Waals surface area contributed by atoms with E-state index >= 15 is 0 Å². The minimum atomic E-state index is -2.62. The number of nitrogens with one attached hydrogen (secondary N) is 2. The Morgan fingerprint density at radius 2 is 2.00 bits per heavy atom. The van der Waals surface area contributed by atoms with Gasteiger partial charge in [0, 0.05) is 31.5 Å². The summed E-state index contributed by atoms with van der Waals surface area (Å²) in [6.45, 7) is 2.95. The molecule has 29 heavy (non-hydrogen) atoms. The van der Waals surface area contributed by atoms with Crippen molar-refractivity contribution >= 4 is 5.96 Å². The smallest absolute Gasteiger partial charge is 0.319 e. The van der Waals surface area contributed by atoms with Gasteiger partial charge in [0.1, 0.15) is 11.6 Å². The quantitative estimate of drug-likeness (QED) is 0.329. The van der Waals surface area contributed by atoms with E-state index in [9.17, 15) is 8.78 Å². The van der Waals surface area contributed by atoms with Crippen LogP contribution in [0, 0.1) is 6.92 Å². The number of benzene rings is 1. The van der Waals surface area contributed by atoms with Crippen LogP contribution in [0.25, 0.3) is 0 Å². The number of hydrogen-bond acceptors (Lipinski definition) is 3. The second-order valence-corrected chi connectivity index (χ2v) is 6.83. The van der Waals surface area contributed by atoms with Gasteiger partial charge in [0.05, 0.1) is 13.2 Å². The van der Waals surface area contributed by atoms with E-state index in [-0.39, 0.29) is 12.4 Å². The van der Waals surface area contributed by atoms with Crippen LogP contribution in [-0.4, -0.2) is 29.2 Å². The first-order valence-electron chi connectivity index (χ1n) is 10.0. The Kier molecular flexibility index (Phi) is 9.40. The molecule has 0 bridgehead atoms. The van der Waals surface area contributed by atoms with E-state index < -0.39 is 6.55 Å². The number of rotatable bonds is 11. The normalized spacial score (nSPS) is 11.7. The summed E-state index contributed by atoms with van der Waals surface area (Å²) in [5.74, 6) is 1.61. The second kappa shape index (κ2) is 12.0. The van der Waals surface area contributed by atoms with Crippen molar-refractivity contribution in [2.24, 2.45) is 4.99 Å². The number of ether oxygens (including phenoxy) is 1. The number of alkyl halides is 2. The van der Waals surface area contributed by atoms with Gasteiger partial charge >= 0.3 is 6.55 Å². The molecule has 0 unspecified atom stereocenters. The molecule has 0 aliphatic rings. The molecule has 0 spiro atoms. The van der Waals surface area contributed by atoms with Gasteiger partial charge < -0.3 is 15.4 Å². The molecule has 0 fully saturated rings. The first-order chi connectivity index (χ1) is 14.0. The zero-order valence-corrected chi connectivity index (χ0v) is 17.4. The number of nitrogens with zero attached hydrogens (tertiary/aromatic N) is 3. The molecule has 1 aromatic heterocycles. The van der Waals surface area contributed by atoms with Crippen LogP contribution in [0.4, 0.5) is 8.78 Å². The van der Waals surface area contributed by atoms with Gasteiger partial charge in [-0.25, -0.2) is 4.98 Å². The van der Waals surface area contributed by atoms with Crippen LogP contribution >= 0.6 is 0 Å². The van der Waals surface area contributed by atoms with E-state index in [1.807, 2.05) is 25.1 Å². The number of imidazole rings is 1. The number of unbranched alkanes of at least 4 members (excludes halogenated alkanes) is 3. The molecule has 0 aliphatic carbocycles. The van der Waals surface area contributed by atoms with Crippen LogP contribution in [0.2, 0.25) is 0 Å². The molecule has 2 aromatic rings. The van der Waals surface area contributed by atoms with Crippen LogP contribution in [0.3, 0.4) is 0 Å². The molecule has 160 valence electrons. The number of halogens is 2. The molecule has 2 rings (SSSR count). The SMILES string of the molecule is CCCCCCOc1cc(C)ccc1CNC(=NC)NCc1nccn1C(F)F. The molecule has 1 heterocycles. The Hall–Kier alpha value is -2.64. The van der Waals surface area contributed by atoms with Crippen LogP contribution in [-0.2, 0) is 13.1 Å². The third kappa shape index (κ3) is 7.36. The van der Waals surface area contributed by atoms with Gasteiger partial charge in [-0.1, -0.05) is 38.3 Å². The predicted octanol–water partition coefficient (Wildman–Crippen LogP) is 4.41. The number of aromatic nitrogens is 2. The molecular weight excluding hydrogens is 376 g/mol. The number of aliphatic imine (C=N–C) groups is 1. The van der Waals surface area contributed by atoms with Gasteiger partial charge in [-0.05, 0) is 25.0 Å². The topological polar surface area (TPSA) is 63.5 Å². The highest BCUT2D eigenvalue weighted by atomic mass is 19.3. The fraction of sp³-hybridized carbons (Fsp3) is 0.524. The average molecular weight is 408 g/mol. The maximum absolute atomic E-state index is 12.9. The standard InChI is InChI=1S/C21H31F2N5O/c1-4-5-6-7-12-29-18-13-16(2)8-9-17(18)14-26-21(24-3)27-15-19-25-10-11-28(19)20(22)23/h8-11,13,20H,4-7,12,14-15H2,1-3H3,(H2,24,26,27). The molecule has 2 N–H and O–H groups in total. The van der Waals surface area contributed by atoms with E-state index in [0.29, 0.717) is 19.1 Å². The highest BCUT2D eigenvalue weighted by Crippen LogP contribution is 2.21. The van der Waals surface area contributed by atoms with Gasteiger partial charge in [-0.15, -0.1) is 0 Å². The highest BCUT2D eigenvalue weighted by Gasteiger charge is 2.12. The molecular formula is C21H31F2N5O. The van der Waals surface area contributed by atoms with Crippen LogP contribution in [0.15, 0.2) is 35.6 Å². The minimum Gasteiger partial charge on any atom is -0.493 e. The Morgan fingerprint density at radius 1 is 1.21 bits per heavy atom. The third-order valence-corrected chi connectivity index (χ3v) is 4.52. The predicted molar refractivity (Wildman–Crippen MR) is 111 cm³/mol. The second-order valence-electron chi connectivity index (χ2n) is 6.83. The minimum absolute atomic E-state index is 0.145. The largest absolute Gasteiger partial charge is 0.493 e. The molecule has 8 heteroatoms. The summed E-state index contributed by atoms with van der Waals surface area (Å²) < 4.78 is 32.7. The maximum atomic E-state index is 12.9. The summed E-state index contributed by atoms with van der Waals surface area (Å²) in [5.41, 5.74) is 2.15. The van der Waals surface area contributed by atoms with Crippen molar-refractivity contribution in [2.45, 2.75) is 59.2 Å². The van der Waals surface area contributed by atoms with Gasteiger partial charge in [-0.3, -0.25) is 9.56 Å². The number of hydrogen-bond donors (Lipinski definition) is 2. The lowest BCUT2D eigenvalue weighted by atomic mass is 10.1. The fourth-order valence-electron chi connectivity index (χ4n) is 2.87. The van der Waals surface area contributed by atoms with E-state index in [1.54, 1.807) is 7.05 Å². The zero-order chi connectivity index (χ0) is 21.1. The Bertz CT molecular complexity index is 776. The Balaban J connectivity index is 1.90. The first kappa shape index (κ1) is 22.6. The van der Waals surface area contributed by atoms with E-state index in [1.165, 1.54) is 31.7 Å². The molecule has 0 atom stereocenters. The monoisotopic (exact) mass is 407 g/mol. The van der Waals surface area contributed by atoms with E-state index in [2.05, 4.69) is 27.5 Å². The summed E-state index contributed by atoms with van der Waals surface area (Å²) in [5, 5.41) is 6.22. The van der Waals surface area contributed by atoms with Crippen molar-refractivity contribution in [3.8, 4) is 5.75 Å². The molecule has 0 aliphatic heterocycles. The van der Waals surface area contributed by atoms with Gasteiger partial charge in [0.15, 0.2) is 5.96 Å². The highest BCUT2D eigenvalue weighted by molar-refractivity contribution is 5.79. The van der Waals surface area contributed by atoms with Crippen molar-refractivity contribution in [3.05, 3.63) is 47.5 Å². The molecule has 0 saturated carbocycles. The number of aryl methyl sites for hydroxylation is 1. The third-order valence-electron chi connectivity index (χ3n) is 4.52. The lowest BCUT2D eigenvalue weighted by molar-refractivity contribution is 0.0668. The van der Waals surface area contributed by atoms with Crippen LogP contribution < -0.4 is 15.4 Å². The van der Waals surface area contributed by atoms with Crippen molar-refractivity contribution in [1.82, 2.24) is 20.2 Å². The zero-order valence-electron chi connectivity index (χ0n) is 17.4. The molecule has 1 aromatic carbocycles. The van der Waals surface area contributed by atoms with Gasteiger partial charge in [0.2, 0.25) is 0 Å². The summed E-state index contributed by atoms with van der Waals surface area (Å²) >= 11 is 0. The Morgan fingerprint density at radius 3 is 2.72 bits per heavy atom. The average Bonchev–Trinajstić information content (AvgIpc) is 3.18. The molecule has 0 radical (unpaired) electrons. The Labute approximate surface area is 171 Å². The summed E-state index contributed by atoms with van der Waals surface area (Å²) in [7, 11) is 1.63.